The number of benzene rings is 3. The minimum absolute atomic E-state index is 0.0284. The highest BCUT2D eigenvalue weighted by Gasteiger charge is 2.34. The SMILES string of the molecule is Cc1cccc(NC(=O)CN2C(=O)N/C(=C/c3ccc(OCC(=O)Nc4ccc(F)cc4)cc3)C2=O)c1. The quantitative estimate of drug-likeness (QED) is 0.321. The molecule has 1 heterocycles. The largest absolute Gasteiger partial charge is 0.484 e. The van der Waals surface area contributed by atoms with Crippen LogP contribution in [0, 0.1) is 12.7 Å². The lowest BCUT2D eigenvalue weighted by Crippen LogP contribution is -2.38. The maximum Gasteiger partial charge on any atom is 0.329 e. The predicted octanol–water partition coefficient (Wildman–Crippen LogP) is 3.68. The maximum absolute atomic E-state index is 12.9. The van der Waals surface area contributed by atoms with Crippen LogP contribution in [-0.2, 0) is 14.4 Å². The van der Waals surface area contributed by atoms with Crippen LogP contribution in [0.3, 0.4) is 0 Å². The molecule has 10 heteroatoms. The first-order chi connectivity index (χ1) is 17.8. The first-order valence-electron chi connectivity index (χ1n) is 11.3. The lowest BCUT2D eigenvalue weighted by molar-refractivity contribution is -0.127. The summed E-state index contributed by atoms with van der Waals surface area (Å²) in [6.45, 7) is 1.20. The topological polar surface area (TPSA) is 117 Å². The number of carbonyl (C=O) groups is 4. The van der Waals surface area contributed by atoms with E-state index in [0.29, 0.717) is 22.7 Å². The molecular weight excluding hydrogens is 479 g/mol. The van der Waals surface area contributed by atoms with Gasteiger partial charge in [-0.05, 0) is 72.7 Å². The van der Waals surface area contributed by atoms with Crippen molar-refractivity contribution in [1.82, 2.24) is 10.2 Å². The molecule has 188 valence electrons. The van der Waals surface area contributed by atoms with Crippen molar-refractivity contribution in [3.63, 3.8) is 0 Å². The molecule has 0 bridgehead atoms. The molecule has 0 aliphatic carbocycles. The van der Waals surface area contributed by atoms with Crippen LogP contribution in [0.2, 0.25) is 0 Å². The summed E-state index contributed by atoms with van der Waals surface area (Å²) in [6, 6.07) is 18.3. The van der Waals surface area contributed by atoms with E-state index in [1.165, 1.54) is 30.3 Å². The van der Waals surface area contributed by atoms with E-state index in [1.54, 1.807) is 42.5 Å². The molecule has 0 saturated carbocycles. The molecule has 37 heavy (non-hydrogen) atoms. The number of urea groups is 1. The van der Waals surface area contributed by atoms with Crippen LogP contribution in [-0.4, -0.2) is 41.8 Å². The van der Waals surface area contributed by atoms with E-state index in [0.717, 1.165) is 10.5 Å². The summed E-state index contributed by atoms with van der Waals surface area (Å²) in [4.78, 5) is 50.1. The molecular formula is C27H23FN4O5. The van der Waals surface area contributed by atoms with E-state index >= 15 is 0 Å². The third-order valence-corrected chi connectivity index (χ3v) is 5.25. The zero-order chi connectivity index (χ0) is 26.4. The van der Waals surface area contributed by atoms with Crippen molar-refractivity contribution in [3.05, 3.63) is 95.4 Å². The van der Waals surface area contributed by atoms with Crippen molar-refractivity contribution in [3.8, 4) is 5.75 Å². The van der Waals surface area contributed by atoms with Gasteiger partial charge in [-0.25, -0.2) is 14.1 Å². The highest BCUT2D eigenvalue weighted by molar-refractivity contribution is 6.15. The smallest absolute Gasteiger partial charge is 0.329 e. The number of amides is 5. The Bertz CT molecular complexity index is 1370. The Kier molecular flexibility index (Phi) is 7.58. The number of nitrogens with zero attached hydrogens (tertiary/aromatic N) is 1. The number of imide groups is 1. The van der Waals surface area contributed by atoms with Crippen molar-refractivity contribution in [2.24, 2.45) is 0 Å². The number of halogens is 1. The summed E-state index contributed by atoms with van der Waals surface area (Å²) in [7, 11) is 0. The second-order valence-corrected chi connectivity index (χ2v) is 8.21. The standard InChI is InChI=1S/C27H23FN4O5/c1-17-3-2-4-21(13-17)30-24(33)15-32-26(35)23(31-27(32)36)14-18-5-11-22(12-6-18)37-16-25(34)29-20-9-7-19(28)8-10-20/h2-14H,15-16H2,1H3,(H,29,34)(H,30,33)(H,31,36)/b23-14+. The van der Waals surface area contributed by atoms with Gasteiger partial charge in [-0.1, -0.05) is 24.3 Å². The fourth-order valence-electron chi connectivity index (χ4n) is 3.49. The lowest BCUT2D eigenvalue weighted by atomic mass is 10.2. The van der Waals surface area contributed by atoms with Crippen LogP contribution in [0.4, 0.5) is 20.6 Å². The van der Waals surface area contributed by atoms with E-state index in [-0.39, 0.29) is 12.3 Å². The van der Waals surface area contributed by atoms with Gasteiger partial charge in [0.25, 0.3) is 11.8 Å². The minimum Gasteiger partial charge on any atom is -0.484 e. The fourth-order valence-corrected chi connectivity index (χ4v) is 3.49. The monoisotopic (exact) mass is 502 g/mol. The molecule has 1 saturated heterocycles. The molecule has 4 rings (SSSR count). The lowest BCUT2D eigenvalue weighted by Gasteiger charge is -2.12. The number of rotatable bonds is 8. The van der Waals surface area contributed by atoms with Gasteiger partial charge in [0.15, 0.2) is 6.61 Å². The summed E-state index contributed by atoms with van der Waals surface area (Å²) in [5, 5.41) is 7.73. The van der Waals surface area contributed by atoms with E-state index in [9.17, 15) is 23.6 Å². The van der Waals surface area contributed by atoms with Crippen molar-refractivity contribution in [1.29, 1.82) is 0 Å². The molecule has 1 fully saturated rings. The van der Waals surface area contributed by atoms with Gasteiger partial charge in [-0.2, -0.15) is 0 Å². The van der Waals surface area contributed by atoms with Crippen LogP contribution in [0.1, 0.15) is 11.1 Å². The van der Waals surface area contributed by atoms with Gasteiger partial charge in [0.2, 0.25) is 5.91 Å². The zero-order valence-electron chi connectivity index (χ0n) is 19.8. The summed E-state index contributed by atoms with van der Waals surface area (Å²) >= 11 is 0. The van der Waals surface area contributed by atoms with Crippen LogP contribution < -0.4 is 20.7 Å². The Morgan fingerprint density at radius 1 is 0.946 bits per heavy atom. The third kappa shape index (κ3) is 6.79. The van der Waals surface area contributed by atoms with E-state index in [1.807, 2.05) is 13.0 Å². The van der Waals surface area contributed by atoms with Gasteiger partial charge in [0, 0.05) is 11.4 Å². The van der Waals surface area contributed by atoms with Gasteiger partial charge in [-0.15, -0.1) is 0 Å². The average Bonchev–Trinajstić information content (AvgIpc) is 3.12. The first kappa shape index (κ1) is 25.1. The van der Waals surface area contributed by atoms with Gasteiger partial charge in [-0.3, -0.25) is 14.4 Å². The molecule has 0 atom stereocenters. The van der Waals surface area contributed by atoms with E-state index in [2.05, 4.69) is 16.0 Å². The minimum atomic E-state index is -0.692. The Balaban J connectivity index is 1.30. The van der Waals surface area contributed by atoms with Crippen molar-refractivity contribution in [2.75, 3.05) is 23.8 Å². The van der Waals surface area contributed by atoms with Gasteiger partial charge in [0.1, 0.15) is 23.8 Å². The highest BCUT2D eigenvalue weighted by atomic mass is 19.1. The summed E-state index contributed by atoms with van der Waals surface area (Å²) < 4.78 is 18.4. The van der Waals surface area contributed by atoms with Crippen LogP contribution in [0.25, 0.3) is 6.08 Å². The van der Waals surface area contributed by atoms with Crippen molar-refractivity contribution in [2.45, 2.75) is 6.92 Å². The Labute approximate surface area is 211 Å². The molecule has 1 aliphatic rings. The van der Waals surface area contributed by atoms with E-state index < -0.39 is 36.1 Å². The van der Waals surface area contributed by atoms with Crippen LogP contribution >= 0.6 is 0 Å². The second kappa shape index (κ2) is 11.2. The number of carbonyl (C=O) groups excluding carboxylic acids is 4. The normalized spacial score (nSPS) is 13.9. The first-order valence-corrected chi connectivity index (χ1v) is 11.3. The number of hydrogen-bond donors (Lipinski definition) is 3. The molecule has 3 N–H and O–H groups in total. The number of hydrogen-bond acceptors (Lipinski definition) is 5. The Hall–Kier alpha value is -4.99. The van der Waals surface area contributed by atoms with Crippen molar-refractivity contribution >= 4 is 41.2 Å². The van der Waals surface area contributed by atoms with Gasteiger partial charge < -0.3 is 20.7 Å². The molecule has 3 aromatic rings. The maximum atomic E-state index is 12.9. The van der Waals surface area contributed by atoms with E-state index in [4.69, 9.17) is 4.74 Å². The molecule has 9 nitrogen and oxygen atoms in total. The average molecular weight is 503 g/mol. The van der Waals surface area contributed by atoms with Gasteiger partial charge >= 0.3 is 6.03 Å². The summed E-state index contributed by atoms with van der Waals surface area (Å²) in [6.07, 6.45) is 1.48. The Morgan fingerprint density at radius 2 is 1.65 bits per heavy atom. The number of aryl methyl sites for hydroxylation is 1. The third-order valence-electron chi connectivity index (χ3n) is 5.25. The molecule has 1 aliphatic heterocycles. The number of anilines is 2. The molecule has 0 aromatic heterocycles. The Morgan fingerprint density at radius 3 is 2.35 bits per heavy atom. The fraction of sp³-hybridized carbons (Fsp3) is 0.111. The molecule has 0 spiro atoms. The highest BCUT2D eigenvalue weighted by Crippen LogP contribution is 2.18. The molecule has 3 aromatic carbocycles. The second-order valence-electron chi connectivity index (χ2n) is 8.21. The molecule has 5 amide bonds. The van der Waals surface area contributed by atoms with Crippen molar-refractivity contribution < 1.29 is 28.3 Å². The summed E-state index contributed by atoms with van der Waals surface area (Å²) in [5.74, 6) is -1.53. The number of nitrogens with one attached hydrogen (secondary N) is 3. The number of ether oxygens (including phenoxy) is 1. The predicted molar refractivity (Wildman–Crippen MR) is 135 cm³/mol. The molecule has 0 radical (unpaired) electrons. The van der Waals surface area contributed by atoms with Crippen LogP contribution in [0.15, 0.2) is 78.5 Å². The summed E-state index contributed by atoms with van der Waals surface area (Å²) in [5.41, 5.74) is 2.60. The van der Waals surface area contributed by atoms with Gasteiger partial charge in [0.05, 0.1) is 0 Å². The molecule has 0 unspecified atom stereocenters. The zero-order valence-corrected chi connectivity index (χ0v) is 19.8. The van der Waals surface area contributed by atoms with Crippen LogP contribution in [0.5, 0.6) is 5.75 Å².